The van der Waals surface area contributed by atoms with E-state index >= 15 is 0 Å². The van der Waals surface area contributed by atoms with Gasteiger partial charge in [0.15, 0.2) is 27.7 Å². The number of ether oxygens (including phenoxy) is 1. The lowest BCUT2D eigenvalue weighted by molar-refractivity contribution is 0.112. The molecule has 2 aromatic rings. The van der Waals surface area contributed by atoms with Gasteiger partial charge in [0, 0.05) is 18.6 Å². The molecule has 8 nitrogen and oxygen atoms in total. The molecule has 3 heterocycles. The number of sulfone groups is 1. The molecule has 0 saturated carbocycles. The SMILES string of the molecule is CS(=O)(=O)c1ccc(NC2=C3OCC=C3N(c3ccncc3C=O)C=N2)c(F)c1. The fourth-order valence-corrected chi connectivity index (χ4v) is 3.58. The molecule has 148 valence electrons. The van der Waals surface area contributed by atoms with E-state index in [-0.39, 0.29) is 23.0 Å². The molecule has 10 heteroatoms. The monoisotopic (exact) mass is 414 g/mol. The molecule has 0 spiro atoms. The zero-order valence-electron chi connectivity index (χ0n) is 15.2. The molecule has 4 rings (SSSR count). The molecule has 0 amide bonds. The van der Waals surface area contributed by atoms with Crippen molar-refractivity contribution in [3.63, 3.8) is 0 Å². The number of hydrogen-bond acceptors (Lipinski definition) is 8. The third-order valence-corrected chi connectivity index (χ3v) is 5.46. The van der Waals surface area contributed by atoms with Gasteiger partial charge in [-0.25, -0.2) is 17.8 Å². The van der Waals surface area contributed by atoms with Crippen LogP contribution in [0, 0.1) is 5.82 Å². The van der Waals surface area contributed by atoms with Gasteiger partial charge in [-0.3, -0.25) is 14.7 Å². The van der Waals surface area contributed by atoms with Crippen LogP contribution in [-0.4, -0.2) is 38.9 Å². The van der Waals surface area contributed by atoms with Crippen LogP contribution in [0.1, 0.15) is 10.4 Å². The zero-order valence-corrected chi connectivity index (χ0v) is 16.0. The minimum absolute atomic E-state index is 0.0536. The predicted molar refractivity (Wildman–Crippen MR) is 105 cm³/mol. The van der Waals surface area contributed by atoms with Gasteiger partial charge in [-0.15, -0.1) is 0 Å². The summed E-state index contributed by atoms with van der Waals surface area (Å²) >= 11 is 0. The normalized spacial score (nSPS) is 15.7. The number of aliphatic imine (C=N–C) groups is 1. The highest BCUT2D eigenvalue weighted by atomic mass is 32.2. The maximum atomic E-state index is 14.4. The summed E-state index contributed by atoms with van der Waals surface area (Å²) in [7, 11) is -3.52. The van der Waals surface area contributed by atoms with E-state index in [2.05, 4.69) is 15.3 Å². The van der Waals surface area contributed by atoms with Crippen LogP contribution < -0.4 is 10.2 Å². The van der Waals surface area contributed by atoms with E-state index < -0.39 is 15.7 Å². The van der Waals surface area contributed by atoms with Crippen molar-refractivity contribution in [3.8, 4) is 0 Å². The molecule has 29 heavy (non-hydrogen) atoms. The number of fused-ring (bicyclic) bond motifs is 1. The van der Waals surface area contributed by atoms with Crippen molar-refractivity contribution in [2.75, 3.05) is 23.1 Å². The minimum atomic E-state index is -3.52. The predicted octanol–water partition coefficient (Wildman–Crippen LogP) is 2.48. The van der Waals surface area contributed by atoms with Gasteiger partial charge in [-0.1, -0.05) is 0 Å². The molecule has 2 aliphatic heterocycles. The summed E-state index contributed by atoms with van der Waals surface area (Å²) in [5.41, 5.74) is 1.66. The summed E-state index contributed by atoms with van der Waals surface area (Å²) < 4.78 is 43.2. The fourth-order valence-electron chi connectivity index (χ4n) is 2.95. The average Bonchev–Trinajstić information content (AvgIpc) is 3.19. The number of pyridine rings is 1. The number of nitrogens with zero attached hydrogens (tertiary/aromatic N) is 3. The molecule has 0 bridgehead atoms. The molecule has 0 radical (unpaired) electrons. The Morgan fingerprint density at radius 2 is 2.14 bits per heavy atom. The average molecular weight is 414 g/mol. The number of aldehydes is 1. The van der Waals surface area contributed by atoms with Crippen LogP contribution in [0.3, 0.4) is 0 Å². The summed E-state index contributed by atoms with van der Waals surface area (Å²) in [5, 5.41) is 2.84. The quantitative estimate of drug-likeness (QED) is 0.750. The van der Waals surface area contributed by atoms with Gasteiger partial charge in [0.1, 0.15) is 18.8 Å². The first-order valence-electron chi connectivity index (χ1n) is 8.45. The molecule has 0 unspecified atom stereocenters. The van der Waals surface area contributed by atoms with Crippen molar-refractivity contribution in [1.82, 2.24) is 4.98 Å². The lowest BCUT2D eigenvalue weighted by Gasteiger charge is -2.26. The van der Waals surface area contributed by atoms with Crippen molar-refractivity contribution in [2.45, 2.75) is 4.90 Å². The smallest absolute Gasteiger partial charge is 0.186 e. The van der Waals surface area contributed by atoms with Crippen molar-refractivity contribution in [3.05, 3.63) is 71.4 Å². The number of hydrogen-bond donors (Lipinski definition) is 1. The van der Waals surface area contributed by atoms with Crippen LogP contribution in [0.4, 0.5) is 15.8 Å². The third kappa shape index (κ3) is 3.49. The van der Waals surface area contributed by atoms with Gasteiger partial charge in [0.25, 0.3) is 0 Å². The molecular weight excluding hydrogens is 399 g/mol. The molecule has 1 aromatic carbocycles. The van der Waals surface area contributed by atoms with Crippen LogP contribution in [0.25, 0.3) is 0 Å². The molecule has 1 N–H and O–H groups in total. The number of halogens is 1. The molecule has 0 fully saturated rings. The first-order valence-corrected chi connectivity index (χ1v) is 10.3. The Morgan fingerprint density at radius 1 is 1.31 bits per heavy atom. The topological polar surface area (TPSA) is 101 Å². The van der Waals surface area contributed by atoms with E-state index in [1.54, 1.807) is 23.2 Å². The number of aromatic nitrogens is 1. The number of anilines is 2. The van der Waals surface area contributed by atoms with E-state index in [4.69, 9.17) is 4.74 Å². The van der Waals surface area contributed by atoms with Gasteiger partial charge in [-0.2, -0.15) is 0 Å². The first-order chi connectivity index (χ1) is 13.9. The maximum Gasteiger partial charge on any atom is 0.186 e. The second-order valence-electron chi connectivity index (χ2n) is 6.28. The van der Waals surface area contributed by atoms with Crippen molar-refractivity contribution < 1.29 is 22.3 Å². The van der Waals surface area contributed by atoms with Crippen LogP contribution in [-0.2, 0) is 14.6 Å². The van der Waals surface area contributed by atoms with Crippen LogP contribution >= 0.6 is 0 Å². The molecular formula is C19H15FN4O4S. The van der Waals surface area contributed by atoms with Crippen LogP contribution in [0.5, 0.6) is 0 Å². The van der Waals surface area contributed by atoms with E-state index in [1.807, 2.05) is 0 Å². The zero-order chi connectivity index (χ0) is 20.6. The Bertz CT molecular complexity index is 1200. The number of benzene rings is 1. The van der Waals surface area contributed by atoms with Gasteiger partial charge < -0.3 is 10.1 Å². The summed E-state index contributed by atoms with van der Waals surface area (Å²) in [5.74, 6) is -0.0926. The van der Waals surface area contributed by atoms with Crippen LogP contribution in [0.15, 0.2) is 69.9 Å². The van der Waals surface area contributed by atoms with Crippen LogP contribution in [0.2, 0.25) is 0 Å². The number of carbonyl (C=O) groups excluding carboxylic acids is 1. The van der Waals surface area contributed by atoms with Crippen molar-refractivity contribution in [2.24, 2.45) is 4.99 Å². The fraction of sp³-hybridized carbons (Fsp3) is 0.105. The van der Waals surface area contributed by atoms with E-state index in [0.29, 0.717) is 29.0 Å². The summed E-state index contributed by atoms with van der Waals surface area (Å²) in [6.07, 6.45) is 8.00. The van der Waals surface area contributed by atoms with Crippen molar-refractivity contribution >= 4 is 33.8 Å². The lowest BCUT2D eigenvalue weighted by atomic mass is 10.2. The van der Waals surface area contributed by atoms with E-state index in [1.165, 1.54) is 24.7 Å². The Kier molecular flexibility index (Phi) is 4.63. The van der Waals surface area contributed by atoms with Crippen molar-refractivity contribution in [1.29, 1.82) is 0 Å². The standard InChI is InChI=1S/C19H15FN4O4S/c1-29(26,27)13-2-3-15(14(20)8-13)23-19-18-17(5-7-28-18)24(11-22-19)16-4-6-21-9-12(16)10-25/h2-6,8-11,23H,7H2,1H3. The summed E-state index contributed by atoms with van der Waals surface area (Å²) in [4.78, 5) is 21.1. The van der Waals surface area contributed by atoms with Gasteiger partial charge in [0.05, 0.1) is 27.5 Å². The highest BCUT2D eigenvalue weighted by Crippen LogP contribution is 2.34. The second kappa shape index (κ2) is 7.13. The largest absolute Gasteiger partial charge is 0.483 e. The van der Waals surface area contributed by atoms with Gasteiger partial charge in [-0.05, 0) is 30.3 Å². The van der Waals surface area contributed by atoms with Gasteiger partial charge in [0.2, 0.25) is 0 Å². The highest BCUT2D eigenvalue weighted by Gasteiger charge is 2.29. The first kappa shape index (κ1) is 18.8. The molecule has 1 aromatic heterocycles. The number of carbonyl (C=O) groups is 1. The Balaban J connectivity index is 1.67. The number of nitrogens with one attached hydrogen (secondary N) is 1. The summed E-state index contributed by atoms with van der Waals surface area (Å²) in [6, 6.07) is 5.26. The van der Waals surface area contributed by atoms with Gasteiger partial charge >= 0.3 is 0 Å². The Labute approximate surface area is 166 Å². The number of rotatable bonds is 5. The van der Waals surface area contributed by atoms with E-state index in [0.717, 1.165) is 12.3 Å². The second-order valence-corrected chi connectivity index (χ2v) is 8.30. The summed E-state index contributed by atoms with van der Waals surface area (Å²) in [6.45, 7) is 0.284. The third-order valence-electron chi connectivity index (χ3n) is 4.35. The minimum Gasteiger partial charge on any atom is -0.483 e. The molecule has 2 aliphatic rings. The molecule has 0 saturated heterocycles. The maximum absolute atomic E-state index is 14.4. The molecule has 0 aliphatic carbocycles. The molecule has 0 atom stereocenters. The van der Waals surface area contributed by atoms with E-state index in [9.17, 15) is 17.6 Å². The lowest BCUT2D eigenvalue weighted by Crippen LogP contribution is -2.27. The Hall–Kier alpha value is -3.53. The Morgan fingerprint density at radius 3 is 2.86 bits per heavy atom. The highest BCUT2D eigenvalue weighted by molar-refractivity contribution is 7.90.